The molecule has 1 aromatic rings. The Kier molecular flexibility index (Phi) is 6.82. The van der Waals surface area contributed by atoms with Crippen LogP contribution in [-0.2, 0) is 9.59 Å². The third kappa shape index (κ3) is 6.05. The van der Waals surface area contributed by atoms with Crippen LogP contribution in [0.1, 0.15) is 26.3 Å². The molecule has 0 saturated carbocycles. The lowest BCUT2D eigenvalue weighted by Crippen LogP contribution is -2.53. The summed E-state index contributed by atoms with van der Waals surface area (Å²) in [5.74, 6) is 0.739. The second-order valence-corrected chi connectivity index (χ2v) is 6.90. The normalized spacial score (nSPS) is 16.6. The predicted molar refractivity (Wildman–Crippen MR) is 97.6 cm³/mol. The van der Waals surface area contributed by atoms with Gasteiger partial charge in [0.1, 0.15) is 5.75 Å². The maximum atomic E-state index is 12.6. The molecule has 0 radical (unpaired) electrons. The first-order valence-corrected chi connectivity index (χ1v) is 8.89. The van der Waals surface area contributed by atoms with Gasteiger partial charge in [-0.1, -0.05) is 12.1 Å². The summed E-state index contributed by atoms with van der Waals surface area (Å²) in [4.78, 5) is 28.3. The van der Waals surface area contributed by atoms with Crippen LogP contribution in [0.5, 0.6) is 5.75 Å². The van der Waals surface area contributed by atoms with Crippen molar-refractivity contribution < 1.29 is 14.3 Å². The minimum absolute atomic E-state index is 0.00668. The number of aryl methyl sites for hydroxylation is 1. The van der Waals surface area contributed by atoms with Crippen LogP contribution in [0, 0.1) is 6.92 Å². The largest absolute Gasteiger partial charge is 0.481 e. The molecular formula is C19H29N3O3. The Bertz CT molecular complexity index is 595. The van der Waals surface area contributed by atoms with Gasteiger partial charge in [-0.2, -0.15) is 0 Å². The summed E-state index contributed by atoms with van der Waals surface area (Å²) in [5, 5.41) is 2.89. The summed E-state index contributed by atoms with van der Waals surface area (Å²) in [5.41, 5.74) is 1.10. The van der Waals surface area contributed by atoms with Crippen molar-refractivity contribution in [2.45, 2.75) is 39.8 Å². The minimum Gasteiger partial charge on any atom is -0.481 e. The van der Waals surface area contributed by atoms with Gasteiger partial charge >= 0.3 is 0 Å². The Labute approximate surface area is 150 Å². The van der Waals surface area contributed by atoms with Crippen molar-refractivity contribution in [3.05, 3.63) is 29.8 Å². The average Bonchev–Trinajstić information content (AvgIpc) is 2.54. The molecule has 0 bridgehead atoms. The second-order valence-electron chi connectivity index (χ2n) is 6.90. The molecule has 6 nitrogen and oxygen atoms in total. The molecule has 1 N–H and O–H groups in total. The van der Waals surface area contributed by atoms with E-state index in [1.54, 1.807) is 6.92 Å². The van der Waals surface area contributed by atoms with E-state index >= 15 is 0 Å². The Morgan fingerprint density at radius 3 is 2.44 bits per heavy atom. The van der Waals surface area contributed by atoms with E-state index in [2.05, 4.69) is 10.2 Å². The zero-order valence-corrected chi connectivity index (χ0v) is 15.6. The van der Waals surface area contributed by atoms with Gasteiger partial charge in [-0.05, 0) is 45.4 Å². The molecule has 0 aliphatic carbocycles. The maximum Gasteiger partial charge on any atom is 0.263 e. The minimum atomic E-state index is -0.516. The number of hydrogen-bond acceptors (Lipinski definition) is 4. The maximum absolute atomic E-state index is 12.6. The quantitative estimate of drug-likeness (QED) is 0.846. The van der Waals surface area contributed by atoms with E-state index in [0.29, 0.717) is 38.5 Å². The molecule has 0 aromatic heterocycles. The molecule has 2 amide bonds. The van der Waals surface area contributed by atoms with Crippen LogP contribution < -0.4 is 10.1 Å². The lowest BCUT2D eigenvalue weighted by Gasteiger charge is -2.35. The van der Waals surface area contributed by atoms with Crippen LogP contribution in [0.25, 0.3) is 0 Å². The third-order valence-corrected chi connectivity index (χ3v) is 4.15. The van der Waals surface area contributed by atoms with Gasteiger partial charge in [0, 0.05) is 32.2 Å². The molecule has 1 atom stereocenters. The van der Waals surface area contributed by atoms with Crippen molar-refractivity contribution in [1.82, 2.24) is 15.1 Å². The first-order chi connectivity index (χ1) is 11.8. The molecule has 1 aliphatic heterocycles. The lowest BCUT2D eigenvalue weighted by molar-refractivity contribution is -0.139. The zero-order valence-electron chi connectivity index (χ0n) is 15.6. The molecule has 138 valence electrons. The molecule has 1 saturated heterocycles. The standard InChI is InChI=1S/C19H29N3O3/c1-14(2)20-18(23)13-21-8-10-22(11-9-21)19(24)16(4)25-17-7-5-6-15(3)12-17/h5-7,12,14,16H,8-11,13H2,1-4H3,(H,20,23). The van der Waals surface area contributed by atoms with E-state index in [1.165, 1.54) is 0 Å². The Balaban J connectivity index is 1.79. The molecule has 6 heteroatoms. The van der Waals surface area contributed by atoms with E-state index in [9.17, 15) is 9.59 Å². The fourth-order valence-electron chi connectivity index (χ4n) is 2.90. The number of nitrogens with zero attached hydrogens (tertiary/aromatic N) is 2. The highest BCUT2D eigenvalue weighted by molar-refractivity contribution is 5.81. The highest BCUT2D eigenvalue weighted by Gasteiger charge is 2.26. The van der Waals surface area contributed by atoms with Crippen molar-refractivity contribution in [3.63, 3.8) is 0 Å². The van der Waals surface area contributed by atoms with Crippen LogP contribution in [0.2, 0.25) is 0 Å². The highest BCUT2D eigenvalue weighted by atomic mass is 16.5. The van der Waals surface area contributed by atoms with Crippen LogP contribution in [-0.4, -0.2) is 66.5 Å². The zero-order chi connectivity index (χ0) is 18.4. The highest BCUT2D eigenvalue weighted by Crippen LogP contribution is 2.15. The number of ether oxygens (including phenoxy) is 1. The van der Waals surface area contributed by atoms with Crippen LogP contribution in [0.4, 0.5) is 0 Å². The summed E-state index contributed by atoms with van der Waals surface area (Å²) in [6, 6.07) is 7.85. The summed E-state index contributed by atoms with van der Waals surface area (Å²) < 4.78 is 5.78. The van der Waals surface area contributed by atoms with Gasteiger partial charge in [0.15, 0.2) is 6.10 Å². The van der Waals surface area contributed by atoms with Crippen molar-refractivity contribution >= 4 is 11.8 Å². The fourth-order valence-corrected chi connectivity index (χ4v) is 2.90. The predicted octanol–water partition coefficient (Wildman–Crippen LogP) is 1.43. The van der Waals surface area contributed by atoms with Gasteiger partial charge in [0.05, 0.1) is 6.54 Å². The van der Waals surface area contributed by atoms with Gasteiger partial charge in [0.25, 0.3) is 5.91 Å². The van der Waals surface area contributed by atoms with E-state index in [-0.39, 0.29) is 17.9 Å². The Morgan fingerprint density at radius 1 is 1.16 bits per heavy atom. The monoisotopic (exact) mass is 347 g/mol. The summed E-state index contributed by atoms with van der Waals surface area (Å²) in [6.45, 7) is 10.7. The fraction of sp³-hybridized carbons (Fsp3) is 0.579. The van der Waals surface area contributed by atoms with Crippen molar-refractivity contribution in [2.24, 2.45) is 0 Å². The number of amides is 2. The molecule has 1 unspecified atom stereocenters. The smallest absolute Gasteiger partial charge is 0.263 e. The topological polar surface area (TPSA) is 61.9 Å². The van der Waals surface area contributed by atoms with Gasteiger partial charge in [-0.15, -0.1) is 0 Å². The average molecular weight is 347 g/mol. The molecule has 0 spiro atoms. The summed E-state index contributed by atoms with van der Waals surface area (Å²) in [7, 11) is 0. The van der Waals surface area contributed by atoms with Gasteiger partial charge in [-0.3, -0.25) is 14.5 Å². The molecule has 1 aromatic carbocycles. The number of carbonyl (C=O) groups is 2. The van der Waals surface area contributed by atoms with Crippen molar-refractivity contribution in [2.75, 3.05) is 32.7 Å². The Morgan fingerprint density at radius 2 is 1.84 bits per heavy atom. The number of nitrogens with one attached hydrogen (secondary N) is 1. The summed E-state index contributed by atoms with van der Waals surface area (Å²) in [6.07, 6.45) is -0.516. The number of hydrogen-bond donors (Lipinski definition) is 1. The molecule has 1 aliphatic rings. The summed E-state index contributed by atoms with van der Waals surface area (Å²) >= 11 is 0. The lowest BCUT2D eigenvalue weighted by atomic mass is 10.2. The van der Waals surface area contributed by atoms with Gasteiger partial charge in [0.2, 0.25) is 5.91 Å². The molecule has 1 heterocycles. The van der Waals surface area contributed by atoms with Crippen LogP contribution >= 0.6 is 0 Å². The van der Waals surface area contributed by atoms with Gasteiger partial charge < -0.3 is 15.0 Å². The first-order valence-electron chi connectivity index (χ1n) is 8.89. The van der Waals surface area contributed by atoms with Crippen LogP contribution in [0.15, 0.2) is 24.3 Å². The number of carbonyl (C=O) groups excluding carboxylic acids is 2. The number of piperazine rings is 1. The van der Waals surface area contributed by atoms with Gasteiger partial charge in [-0.25, -0.2) is 0 Å². The Hall–Kier alpha value is -2.08. The third-order valence-electron chi connectivity index (χ3n) is 4.15. The SMILES string of the molecule is Cc1cccc(OC(C)C(=O)N2CCN(CC(=O)NC(C)C)CC2)c1. The van der Waals surface area contributed by atoms with E-state index in [1.807, 2.05) is 49.9 Å². The van der Waals surface area contributed by atoms with E-state index in [0.717, 1.165) is 5.56 Å². The second kappa shape index (κ2) is 8.85. The van der Waals surface area contributed by atoms with E-state index < -0.39 is 6.10 Å². The molecule has 1 fully saturated rings. The molecule has 25 heavy (non-hydrogen) atoms. The van der Waals surface area contributed by atoms with Crippen LogP contribution in [0.3, 0.4) is 0 Å². The number of benzene rings is 1. The van der Waals surface area contributed by atoms with Crippen molar-refractivity contribution in [3.8, 4) is 5.75 Å². The molecule has 2 rings (SSSR count). The molecular weight excluding hydrogens is 318 g/mol. The number of rotatable bonds is 6. The first kappa shape index (κ1) is 19.2. The van der Waals surface area contributed by atoms with E-state index in [4.69, 9.17) is 4.74 Å². The van der Waals surface area contributed by atoms with Crippen molar-refractivity contribution in [1.29, 1.82) is 0 Å².